The number of aromatic nitrogens is 2. The molecule has 5 nitrogen and oxygen atoms in total. The molecular weight excluding hydrogens is 252 g/mol. The van der Waals surface area contributed by atoms with Crippen LogP contribution in [0.5, 0.6) is 0 Å². The van der Waals surface area contributed by atoms with Crippen molar-refractivity contribution in [2.24, 2.45) is 0 Å². The molecular formula is C15H18N4O. The van der Waals surface area contributed by atoms with Gasteiger partial charge in [0.25, 0.3) is 5.91 Å². The lowest BCUT2D eigenvalue weighted by Gasteiger charge is -2.07. The maximum Gasteiger partial charge on any atom is 0.251 e. The number of hydrogen-bond acceptors (Lipinski definition) is 3. The highest BCUT2D eigenvalue weighted by molar-refractivity contribution is 5.95. The van der Waals surface area contributed by atoms with Crippen molar-refractivity contribution in [3.05, 3.63) is 48.0 Å². The molecule has 1 aliphatic rings. The maximum atomic E-state index is 12.0. The van der Waals surface area contributed by atoms with Crippen molar-refractivity contribution >= 4 is 11.6 Å². The summed E-state index contributed by atoms with van der Waals surface area (Å²) < 4.78 is 2.01. The van der Waals surface area contributed by atoms with Crippen LogP contribution in [0.4, 0.5) is 5.69 Å². The van der Waals surface area contributed by atoms with Crippen molar-refractivity contribution in [1.82, 2.24) is 14.9 Å². The van der Waals surface area contributed by atoms with Gasteiger partial charge < -0.3 is 15.2 Å². The van der Waals surface area contributed by atoms with Crippen molar-refractivity contribution in [1.29, 1.82) is 0 Å². The normalized spacial score (nSPS) is 12.8. The van der Waals surface area contributed by atoms with E-state index in [0.717, 1.165) is 37.2 Å². The Morgan fingerprint density at radius 1 is 1.45 bits per heavy atom. The Bertz CT molecular complexity index is 592. The molecule has 1 aliphatic heterocycles. The number of carbonyl (C=O) groups excluding carboxylic acids is 1. The average Bonchev–Trinajstić information content (AvgIpc) is 3.13. The number of anilines is 1. The molecule has 0 saturated heterocycles. The van der Waals surface area contributed by atoms with Gasteiger partial charge in [0.2, 0.25) is 0 Å². The van der Waals surface area contributed by atoms with Gasteiger partial charge in [-0.25, -0.2) is 4.98 Å². The second kappa shape index (κ2) is 5.77. The van der Waals surface area contributed by atoms with Crippen LogP contribution in [0.2, 0.25) is 0 Å². The first-order valence-corrected chi connectivity index (χ1v) is 6.94. The van der Waals surface area contributed by atoms with E-state index in [4.69, 9.17) is 0 Å². The van der Waals surface area contributed by atoms with Crippen LogP contribution in [0.3, 0.4) is 0 Å². The summed E-state index contributed by atoms with van der Waals surface area (Å²) in [5, 5.41) is 6.24. The van der Waals surface area contributed by atoms with Crippen molar-refractivity contribution in [2.75, 3.05) is 18.4 Å². The molecule has 20 heavy (non-hydrogen) atoms. The van der Waals surface area contributed by atoms with Crippen LogP contribution in [0, 0.1) is 0 Å². The van der Waals surface area contributed by atoms with Gasteiger partial charge in [-0.2, -0.15) is 0 Å². The van der Waals surface area contributed by atoms with Gasteiger partial charge in [-0.1, -0.05) is 6.07 Å². The molecule has 0 bridgehead atoms. The molecule has 5 heteroatoms. The number of amides is 1. The Kier molecular flexibility index (Phi) is 3.67. The number of imidazole rings is 1. The highest BCUT2D eigenvalue weighted by Crippen LogP contribution is 2.23. The standard InChI is InChI=1S/C15H18N4O/c20-15(18-5-1-8-19-9-7-16-11-19)13-3-2-12-4-6-17-14(12)10-13/h2-3,7,9-11,17H,1,4-6,8H2,(H,18,20). The molecule has 104 valence electrons. The maximum absolute atomic E-state index is 12.0. The molecule has 1 aromatic heterocycles. The van der Waals surface area contributed by atoms with Crippen LogP contribution >= 0.6 is 0 Å². The van der Waals surface area contributed by atoms with E-state index in [0.29, 0.717) is 6.54 Å². The number of nitrogens with one attached hydrogen (secondary N) is 2. The van der Waals surface area contributed by atoms with Crippen molar-refractivity contribution in [3.63, 3.8) is 0 Å². The number of nitrogens with zero attached hydrogens (tertiary/aromatic N) is 2. The van der Waals surface area contributed by atoms with E-state index in [2.05, 4.69) is 15.6 Å². The quantitative estimate of drug-likeness (QED) is 0.813. The van der Waals surface area contributed by atoms with Gasteiger partial charge >= 0.3 is 0 Å². The number of aryl methyl sites for hydroxylation is 1. The van der Waals surface area contributed by atoms with Crippen molar-refractivity contribution in [3.8, 4) is 0 Å². The van der Waals surface area contributed by atoms with Crippen LogP contribution in [0.1, 0.15) is 22.3 Å². The predicted octanol–water partition coefficient (Wildman–Crippen LogP) is 1.67. The molecule has 0 spiro atoms. The van der Waals surface area contributed by atoms with Gasteiger partial charge in [-0.15, -0.1) is 0 Å². The van der Waals surface area contributed by atoms with Crippen LogP contribution in [-0.2, 0) is 13.0 Å². The largest absolute Gasteiger partial charge is 0.384 e. The van der Waals surface area contributed by atoms with Gasteiger partial charge in [-0.05, 0) is 30.5 Å². The van der Waals surface area contributed by atoms with E-state index in [1.807, 2.05) is 29.0 Å². The summed E-state index contributed by atoms with van der Waals surface area (Å²) in [6.07, 6.45) is 7.41. The molecule has 0 saturated carbocycles. The predicted molar refractivity (Wildman–Crippen MR) is 77.8 cm³/mol. The zero-order valence-corrected chi connectivity index (χ0v) is 11.3. The monoisotopic (exact) mass is 270 g/mol. The Hall–Kier alpha value is -2.30. The molecule has 0 unspecified atom stereocenters. The van der Waals surface area contributed by atoms with Gasteiger partial charge in [-0.3, -0.25) is 4.79 Å². The minimum Gasteiger partial charge on any atom is -0.384 e. The number of fused-ring (bicyclic) bond motifs is 1. The van der Waals surface area contributed by atoms with Crippen molar-refractivity contribution in [2.45, 2.75) is 19.4 Å². The summed E-state index contributed by atoms with van der Waals surface area (Å²) in [6.45, 7) is 2.50. The fourth-order valence-corrected chi connectivity index (χ4v) is 2.42. The van der Waals surface area contributed by atoms with Gasteiger partial charge in [0.15, 0.2) is 0 Å². The summed E-state index contributed by atoms with van der Waals surface area (Å²) >= 11 is 0. The van der Waals surface area contributed by atoms with Crippen LogP contribution in [-0.4, -0.2) is 28.5 Å². The first-order valence-electron chi connectivity index (χ1n) is 6.94. The molecule has 2 aromatic rings. The second-order valence-electron chi connectivity index (χ2n) is 4.96. The van der Waals surface area contributed by atoms with E-state index >= 15 is 0 Å². The highest BCUT2D eigenvalue weighted by atomic mass is 16.1. The molecule has 0 radical (unpaired) electrons. The first kappa shape index (κ1) is 12.7. The Morgan fingerprint density at radius 2 is 2.40 bits per heavy atom. The number of carbonyl (C=O) groups is 1. The summed E-state index contributed by atoms with van der Waals surface area (Å²) in [4.78, 5) is 16.0. The minimum atomic E-state index is -0.00729. The molecule has 0 fully saturated rings. The van der Waals surface area contributed by atoms with E-state index in [-0.39, 0.29) is 5.91 Å². The van der Waals surface area contributed by atoms with Crippen LogP contribution < -0.4 is 10.6 Å². The average molecular weight is 270 g/mol. The number of hydrogen-bond donors (Lipinski definition) is 2. The molecule has 0 atom stereocenters. The molecule has 2 N–H and O–H groups in total. The SMILES string of the molecule is O=C(NCCCn1ccnc1)c1ccc2c(c1)NCC2. The van der Waals surface area contributed by atoms with E-state index < -0.39 is 0 Å². The Labute approximate surface area is 118 Å². The van der Waals surface area contributed by atoms with Gasteiger partial charge in [0.1, 0.15) is 0 Å². The lowest BCUT2D eigenvalue weighted by molar-refractivity contribution is 0.0953. The van der Waals surface area contributed by atoms with E-state index in [1.165, 1.54) is 5.56 Å². The fourth-order valence-electron chi connectivity index (χ4n) is 2.42. The molecule has 2 heterocycles. The Balaban J connectivity index is 1.49. The summed E-state index contributed by atoms with van der Waals surface area (Å²) in [7, 11) is 0. The topological polar surface area (TPSA) is 59.0 Å². The third-order valence-corrected chi connectivity index (χ3v) is 3.52. The number of benzene rings is 1. The third kappa shape index (κ3) is 2.82. The summed E-state index contributed by atoms with van der Waals surface area (Å²) in [5.74, 6) is -0.00729. The smallest absolute Gasteiger partial charge is 0.251 e. The van der Waals surface area contributed by atoms with Gasteiger partial charge in [0.05, 0.1) is 6.33 Å². The zero-order chi connectivity index (χ0) is 13.8. The summed E-state index contributed by atoms with van der Waals surface area (Å²) in [6, 6.07) is 5.88. The zero-order valence-electron chi connectivity index (χ0n) is 11.3. The Morgan fingerprint density at radius 3 is 3.25 bits per heavy atom. The van der Waals surface area contributed by atoms with E-state index in [1.54, 1.807) is 12.5 Å². The van der Waals surface area contributed by atoms with Gasteiger partial charge in [0, 0.05) is 43.3 Å². The lowest BCUT2D eigenvalue weighted by Crippen LogP contribution is -2.25. The fraction of sp³-hybridized carbons (Fsp3) is 0.333. The first-order chi connectivity index (χ1) is 9.83. The molecule has 3 rings (SSSR count). The summed E-state index contributed by atoms with van der Waals surface area (Å²) in [5.41, 5.74) is 3.11. The highest BCUT2D eigenvalue weighted by Gasteiger charge is 2.12. The molecule has 1 amide bonds. The van der Waals surface area contributed by atoms with E-state index in [9.17, 15) is 4.79 Å². The number of rotatable bonds is 5. The minimum absolute atomic E-state index is 0.00729. The lowest BCUT2D eigenvalue weighted by atomic mass is 10.1. The third-order valence-electron chi connectivity index (χ3n) is 3.52. The molecule has 0 aliphatic carbocycles. The van der Waals surface area contributed by atoms with Crippen LogP contribution in [0.25, 0.3) is 0 Å². The van der Waals surface area contributed by atoms with Crippen LogP contribution in [0.15, 0.2) is 36.9 Å². The second-order valence-corrected chi connectivity index (χ2v) is 4.96. The molecule has 1 aromatic carbocycles. The van der Waals surface area contributed by atoms with Crippen molar-refractivity contribution < 1.29 is 4.79 Å².